The Hall–Kier alpha value is -0.540. The number of ether oxygens (including phenoxy) is 1. The molecule has 2 nitrogen and oxygen atoms in total. The first-order valence-corrected chi connectivity index (χ1v) is 6.73. The zero-order valence-corrected chi connectivity index (χ0v) is 11.0. The van der Waals surface area contributed by atoms with E-state index in [2.05, 4.69) is 21.2 Å². The lowest BCUT2D eigenvalue weighted by Crippen LogP contribution is -2.30. The summed E-state index contributed by atoms with van der Waals surface area (Å²) in [4.78, 5) is 0. The highest BCUT2D eigenvalue weighted by Crippen LogP contribution is 2.19. The second-order valence-electron chi connectivity index (χ2n) is 4.31. The highest BCUT2D eigenvalue weighted by molar-refractivity contribution is 9.10. The fraction of sp³-hybridized carbons (Fsp3) is 0.538. The first kappa shape index (κ1) is 11.9. The monoisotopic (exact) mass is 283 g/mol. The molecule has 0 aromatic heterocycles. The Labute approximate surface area is 106 Å². The van der Waals surface area contributed by atoms with E-state index >= 15 is 0 Å². The number of hydrogen-bond donors (Lipinski definition) is 1. The topological polar surface area (TPSA) is 21.3 Å². The Morgan fingerprint density at radius 2 is 2.38 bits per heavy atom. The van der Waals surface area contributed by atoms with Crippen LogP contribution in [0.1, 0.15) is 19.3 Å². The van der Waals surface area contributed by atoms with Gasteiger partial charge in [-0.3, -0.25) is 0 Å². The standard InChI is InChI=1S/C13H18BrNO/c14-12-4-1-5-13(9-12)16-8-6-11-3-2-7-15-10-11/h1,4-5,9,11,15H,2-3,6-8,10H2. The van der Waals surface area contributed by atoms with Crippen molar-refractivity contribution in [2.75, 3.05) is 19.7 Å². The molecule has 0 amide bonds. The van der Waals surface area contributed by atoms with Crippen molar-refractivity contribution in [3.8, 4) is 5.75 Å². The summed E-state index contributed by atoms with van der Waals surface area (Å²) in [6, 6.07) is 8.03. The lowest BCUT2D eigenvalue weighted by atomic mass is 9.97. The molecule has 16 heavy (non-hydrogen) atoms. The molecule has 1 saturated heterocycles. The third kappa shape index (κ3) is 3.80. The van der Waals surface area contributed by atoms with Crippen molar-refractivity contribution >= 4 is 15.9 Å². The summed E-state index contributed by atoms with van der Waals surface area (Å²) in [7, 11) is 0. The van der Waals surface area contributed by atoms with Crippen molar-refractivity contribution in [1.82, 2.24) is 5.32 Å². The van der Waals surface area contributed by atoms with Gasteiger partial charge in [0.25, 0.3) is 0 Å². The molecule has 0 saturated carbocycles. The number of piperidine rings is 1. The smallest absolute Gasteiger partial charge is 0.120 e. The molecule has 1 unspecified atom stereocenters. The molecule has 3 heteroatoms. The molecule has 1 aromatic rings. The minimum Gasteiger partial charge on any atom is -0.494 e. The molecule has 88 valence electrons. The van der Waals surface area contributed by atoms with Gasteiger partial charge in [0.2, 0.25) is 0 Å². The van der Waals surface area contributed by atoms with Crippen molar-refractivity contribution in [2.45, 2.75) is 19.3 Å². The molecule has 1 aliphatic rings. The van der Waals surface area contributed by atoms with E-state index in [-0.39, 0.29) is 0 Å². The Morgan fingerprint density at radius 1 is 1.44 bits per heavy atom. The minimum atomic E-state index is 0.793. The van der Waals surface area contributed by atoms with Crippen LogP contribution < -0.4 is 10.1 Å². The van der Waals surface area contributed by atoms with E-state index in [1.54, 1.807) is 0 Å². The summed E-state index contributed by atoms with van der Waals surface area (Å²) in [5.74, 6) is 1.75. The molecule has 1 N–H and O–H groups in total. The molecule has 0 aliphatic carbocycles. The molecule has 1 heterocycles. The fourth-order valence-corrected chi connectivity index (χ4v) is 2.45. The number of rotatable bonds is 4. The van der Waals surface area contributed by atoms with Crippen LogP contribution in [0.4, 0.5) is 0 Å². The van der Waals surface area contributed by atoms with Gasteiger partial charge in [-0.1, -0.05) is 22.0 Å². The Balaban J connectivity index is 1.71. The van der Waals surface area contributed by atoms with Gasteiger partial charge in [-0.05, 0) is 56.5 Å². The molecule has 1 aromatic carbocycles. The molecule has 2 rings (SSSR count). The molecular weight excluding hydrogens is 266 g/mol. The van der Waals surface area contributed by atoms with Gasteiger partial charge in [0.05, 0.1) is 6.61 Å². The lowest BCUT2D eigenvalue weighted by molar-refractivity contribution is 0.254. The summed E-state index contributed by atoms with van der Waals surface area (Å²) >= 11 is 3.44. The maximum atomic E-state index is 5.73. The maximum Gasteiger partial charge on any atom is 0.120 e. The number of benzene rings is 1. The van der Waals surface area contributed by atoms with Crippen LogP contribution in [0.15, 0.2) is 28.7 Å². The van der Waals surface area contributed by atoms with Crippen LogP contribution >= 0.6 is 15.9 Å². The SMILES string of the molecule is Brc1cccc(OCCC2CCCNC2)c1. The third-order valence-corrected chi connectivity index (χ3v) is 3.48. The fourth-order valence-electron chi connectivity index (χ4n) is 2.07. The second kappa shape index (κ2) is 6.26. The highest BCUT2D eigenvalue weighted by atomic mass is 79.9. The van der Waals surface area contributed by atoms with Crippen molar-refractivity contribution < 1.29 is 4.74 Å². The van der Waals surface area contributed by atoms with Gasteiger partial charge in [0.15, 0.2) is 0 Å². The van der Waals surface area contributed by atoms with Crippen LogP contribution in [-0.4, -0.2) is 19.7 Å². The van der Waals surface area contributed by atoms with Crippen LogP contribution in [0.2, 0.25) is 0 Å². The minimum absolute atomic E-state index is 0.793. The van der Waals surface area contributed by atoms with Gasteiger partial charge in [-0.15, -0.1) is 0 Å². The first-order chi connectivity index (χ1) is 7.84. The van der Waals surface area contributed by atoms with Crippen molar-refractivity contribution in [3.63, 3.8) is 0 Å². The molecule has 0 spiro atoms. The van der Waals surface area contributed by atoms with Crippen LogP contribution in [0.25, 0.3) is 0 Å². The van der Waals surface area contributed by atoms with Gasteiger partial charge >= 0.3 is 0 Å². The third-order valence-electron chi connectivity index (χ3n) is 2.99. The largest absolute Gasteiger partial charge is 0.494 e. The van der Waals surface area contributed by atoms with Gasteiger partial charge in [0.1, 0.15) is 5.75 Å². The number of nitrogens with one attached hydrogen (secondary N) is 1. The molecule has 1 fully saturated rings. The first-order valence-electron chi connectivity index (χ1n) is 5.94. The van der Waals surface area contributed by atoms with Crippen LogP contribution in [0.3, 0.4) is 0 Å². The molecule has 0 radical (unpaired) electrons. The molecule has 0 bridgehead atoms. The van der Waals surface area contributed by atoms with E-state index in [0.717, 1.165) is 35.7 Å². The number of hydrogen-bond acceptors (Lipinski definition) is 2. The van der Waals surface area contributed by atoms with E-state index in [4.69, 9.17) is 4.74 Å². The van der Waals surface area contributed by atoms with E-state index in [1.165, 1.54) is 19.4 Å². The van der Waals surface area contributed by atoms with Crippen molar-refractivity contribution in [1.29, 1.82) is 0 Å². The van der Waals surface area contributed by atoms with Crippen molar-refractivity contribution in [2.24, 2.45) is 5.92 Å². The van der Waals surface area contributed by atoms with Crippen LogP contribution in [0, 0.1) is 5.92 Å². The maximum absolute atomic E-state index is 5.73. The second-order valence-corrected chi connectivity index (χ2v) is 5.22. The van der Waals surface area contributed by atoms with Gasteiger partial charge in [-0.25, -0.2) is 0 Å². The summed E-state index contributed by atoms with van der Waals surface area (Å²) in [6.07, 6.45) is 3.80. The lowest BCUT2D eigenvalue weighted by Gasteiger charge is -2.22. The highest BCUT2D eigenvalue weighted by Gasteiger charge is 2.12. The van der Waals surface area contributed by atoms with E-state index < -0.39 is 0 Å². The Bertz CT molecular complexity index is 323. The zero-order chi connectivity index (χ0) is 11.2. The van der Waals surface area contributed by atoms with E-state index in [0.29, 0.717) is 0 Å². The zero-order valence-electron chi connectivity index (χ0n) is 9.42. The Kier molecular flexibility index (Phi) is 4.67. The predicted octanol–water partition coefficient (Wildman–Crippen LogP) is 3.22. The molecular formula is C13H18BrNO. The van der Waals surface area contributed by atoms with Crippen molar-refractivity contribution in [3.05, 3.63) is 28.7 Å². The molecule has 1 aliphatic heterocycles. The normalized spacial score (nSPS) is 20.7. The summed E-state index contributed by atoms with van der Waals surface area (Å²) in [6.45, 7) is 3.16. The summed E-state index contributed by atoms with van der Waals surface area (Å²) < 4.78 is 6.81. The summed E-state index contributed by atoms with van der Waals surface area (Å²) in [5, 5.41) is 3.43. The Morgan fingerprint density at radius 3 is 3.12 bits per heavy atom. The summed E-state index contributed by atoms with van der Waals surface area (Å²) in [5.41, 5.74) is 0. The van der Waals surface area contributed by atoms with Crippen LogP contribution in [-0.2, 0) is 0 Å². The predicted molar refractivity (Wildman–Crippen MR) is 69.8 cm³/mol. The van der Waals surface area contributed by atoms with Gasteiger partial charge < -0.3 is 10.1 Å². The molecule has 1 atom stereocenters. The van der Waals surface area contributed by atoms with E-state index in [9.17, 15) is 0 Å². The van der Waals surface area contributed by atoms with Gasteiger partial charge in [0, 0.05) is 4.47 Å². The average molecular weight is 284 g/mol. The average Bonchev–Trinajstić information content (AvgIpc) is 2.30. The van der Waals surface area contributed by atoms with Crippen LogP contribution in [0.5, 0.6) is 5.75 Å². The van der Waals surface area contributed by atoms with E-state index in [1.807, 2.05) is 24.3 Å². The quantitative estimate of drug-likeness (QED) is 0.916. The van der Waals surface area contributed by atoms with Gasteiger partial charge in [-0.2, -0.15) is 0 Å². The number of halogens is 1.